The van der Waals surface area contributed by atoms with E-state index in [9.17, 15) is 0 Å². The quantitative estimate of drug-likeness (QED) is 0.534. The third kappa shape index (κ3) is 1.09. The summed E-state index contributed by atoms with van der Waals surface area (Å²) in [7, 11) is 0. The molecular formula is C10H7NS. The number of benzene rings is 1. The summed E-state index contributed by atoms with van der Waals surface area (Å²) in [5.41, 5.74) is 0.723. The molecule has 0 N–H and O–H groups in total. The van der Waals surface area contributed by atoms with Crippen LogP contribution in [0.5, 0.6) is 0 Å². The van der Waals surface area contributed by atoms with Crippen LogP contribution >= 0.6 is 11.3 Å². The van der Waals surface area contributed by atoms with Gasteiger partial charge in [-0.1, -0.05) is 12.1 Å². The molecule has 0 aliphatic rings. The number of hydrogen-bond donors (Lipinski definition) is 0. The summed E-state index contributed by atoms with van der Waals surface area (Å²) in [6, 6.07) is 7.94. The van der Waals surface area contributed by atoms with E-state index in [2.05, 4.69) is 17.8 Å². The van der Waals surface area contributed by atoms with Crippen molar-refractivity contribution < 1.29 is 0 Å². The lowest BCUT2D eigenvalue weighted by molar-refractivity contribution is 1.66. The van der Waals surface area contributed by atoms with Gasteiger partial charge in [-0.2, -0.15) is 0 Å². The van der Waals surface area contributed by atoms with Crippen LogP contribution in [-0.4, -0.2) is 0 Å². The average molecular weight is 173 g/mol. The van der Waals surface area contributed by atoms with Gasteiger partial charge in [-0.05, 0) is 24.4 Å². The molecule has 1 nitrogen and oxygen atoms in total. The van der Waals surface area contributed by atoms with Crippen molar-refractivity contribution in [1.29, 1.82) is 0 Å². The molecule has 0 unspecified atom stereocenters. The Hall–Kier alpha value is -1.33. The van der Waals surface area contributed by atoms with Crippen molar-refractivity contribution >= 4 is 27.1 Å². The fourth-order valence-corrected chi connectivity index (χ4v) is 2.14. The summed E-state index contributed by atoms with van der Waals surface area (Å²) in [6.07, 6.45) is 0. The largest absolute Gasteiger partial charge is 0.238 e. The smallest absolute Gasteiger partial charge is 0.187 e. The molecule has 0 aliphatic carbocycles. The predicted molar refractivity (Wildman–Crippen MR) is 52.8 cm³/mol. The summed E-state index contributed by atoms with van der Waals surface area (Å²) < 4.78 is 1.26. The maximum absolute atomic E-state index is 6.85. The Balaban J connectivity index is 2.77. The minimum absolute atomic E-state index is 0.723. The molecular weight excluding hydrogens is 166 g/mol. The zero-order valence-electron chi connectivity index (χ0n) is 6.66. The normalized spacial score (nSPS) is 10.0. The predicted octanol–water partition coefficient (Wildman–Crippen LogP) is 3.76. The minimum Gasteiger partial charge on any atom is -0.238 e. The van der Waals surface area contributed by atoms with Gasteiger partial charge < -0.3 is 0 Å². The van der Waals surface area contributed by atoms with Crippen molar-refractivity contribution in [3.8, 4) is 0 Å². The second-order valence-electron chi connectivity index (χ2n) is 2.69. The molecule has 0 bridgehead atoms. The zero-order valence-corrected chi connectivity index (χ0v) is 7.48. The maximum atomic E-state index is 6.85. The molecule has 2 heteroatoms. The van der Waals surface area contributed by atoms with Gasteiger partial charge in [0.15, 0.2) is 5.69 Å². The summed E-state index contributed by atoms with van der Waals surface area (Å²) in [6.45, 7) is 8.94. The van der Waals surface area contributed by atoms with Crippen LogP contribution in [-0.2, 0) is 0 Å². The lowest BCUT2D eigenvalue weighted by Crippen LogP contribution is -1.60. The topological polar surface area (TPSA) is 4.36 Å². The van der Waals surface area contributed by atoms with Crippen molar-refractivity contribution in [3.05, 3.63) is 40.6 Å². The van der Waals surface area contributed by atoms with Crippen LogP contribution in [0.2, 0.25) is 0 Å². The van der Waals surface area contributed by atoms with Crippen LogP contribution in [0.4, 0.5) is 5.69 Å². The highest BCUT2D eigenvalue weighted by Gasteiger charge is 1.98. The van der Waals surface area contributed by atoms with Crippen LogP contribution in [0, 0.1) is 13.5 Å². The van der Waals surface area contributed by atoms with Gasteiger partial charge in [0.05, 0.1) is 6.57 Å². The van der Waals surface area contributed by atoms with Gasteiger partial charge in [-0.3, -0.25) is 0 Å². The Labute approximate surface area is 75.1 Å². The first-order valence-electron chi connectivity index (χ1n) is 3.67. The fourth-order valence-electron chi connectivity index (χ4n) is 1.23. The molecule has 0 saturated carbocycles. The van der Waals surface area contributed by atoms with E-state index >= 15 is 0 Å². The molecule has 0 radical (unpaired) electrons. The summed E-state index contributed by atoms with van der Waals surface area (Å²) in [5.74, 6) is 0. The van der Waals surface area contributed by atoms with Gasteiger partial charge in [-0.25, -0.2) is 4.85 Å². The summed E-state index contributed by atoms with van der Waals surface area (Å²) >= 11 is 1.77. The van der Waals surface area contributed by atoms with Crippen LogP contribution < -0.4 is 0 Å². The highest BCUT2D eigenvalue weighted by atomic mass is 32.1. The Morgan fingerprint density at radius 2 is 2.17 bits per heavy atom. The van der Waals surface area contributed by atoms with Gasteiger partial charge >= 0.3 is 0 Å². The highest BCUT2D eigenvalue weighted by Crippen LogP contribution is 2.28. The van der Waals surface area contributed by atoms with Gasteiger partial charge in [0.25, 0.3) is 0 Å². The van der Waals surface area contributed by atoms with E-state index in [1.807, 2.05) is 18.2 Å². The van der Waals surface area contributed by atoms with Gasteiger partial charge in [0.2, 0.25) is 0 Å². The van der Waals surface area contributed by atoms with Crippen molar-refractivity contribution in [1.82, 2.24) is 0 Å². The number of thiophene rings is 1. The molecule has 0 atom stereocenters. The van der Waals surface area contributed by atoms with E-state index in [1.54, 1.807) is 11.3 Å². The molecule has 0 amide bonds. The molecule has 1 heterocycles. The number of rotatable bonds is 0. The van der Waals surface area contributed by atoms with E-state index in [1.165, 1.54) is 15.0 Å². The number of nitrogens with zero attached hydrogens (tertiary/aromatic N) is 1. The van der Waals surface area contributed by atoms with Crippen LogP contribution in [0.3, 0.4) is 0 Å². The number of fused-ring (bicyclic) bond motifs is 1. The SMILES string of the molecule is [C-]#[N+]c1ccc2sc(C)cc2c1. The molecule has 0 saturated heterocycles. The second-order valence-corrected chi connectivity index (χ2v) is 3.98. The Morgan fingerprint density at radius 3 is 2.92 bits per heavy atom. The van der Waals surface area contributed by atoms with Crippen LogP contribution in [0.1, 0.15) is 4.88 Å². The number of hydrogen-bond acceptors (Lipinski definition) is 1. The molecule has 2 rings (SSSR count). The van der Waals surface area contributed by atoms with Gasteiger partial charge in [-0.15, -0.1) is 11.3 Å². The maximum Gasteiger partial charge on any atom is 0.187 e. The van der Waals surface area contributed by atoms with Gasteiger partial charge in [0.1, 0.15) is 0 Å². The summed E-state index contributed by atoms with van der Waals surface area (Å²) in [5, 5.41) is 1.19. The molecule has 2 aromatic rings. The third-order valence-corrected chi connectivity index (χ3v) is 2.78. The average Bonchev–Trinajstić information content (AvgIpc) is 2.43. The van der Waals surface area contributed by atoms with E-state index < -0.39 is 0 Å². The van der Waals surface area contributed by atoms with E-state index in [0.717, 1.165) is 5.69 Å². The first kappa shape index (κ1) is 7.33. The van der Waals surface area contributed by atoms with Crippen molar-refractivity contribution in [2.75, 3.05) is 0 Å². The van der Waals surface area contributed by atoms with E-state index in [4.69, 9.17) is 6.57 Å². The lowest BCUT2D eigenvalue weighted by Gasteiger charge is -1.88. The highest BCUT2D eigenvalue weighted by molar-refractivity contribution is 7.19. The fraction of sp³-hybridized carbons (Fsp3) is 0.100. The Kier molecular flexibility index (Phi) is 1.60. The van der Waals surface area contributed by atoms with Crippen LogP contribution in [0.25, 0.3) is 14.9 Å². The molecule has 0 spiro atoms. The molecule has 58 valence electrons. The Morgan fingerprint density at radius 1 is 1.33 bits per heavy atom. The standard InChI is InChI=1S/C10H7NS/c1-7-5-8-6-9(11-2)3-4-10(8)12-7/h3-6H,1H3. The minimum atomic E-state index is 0.723. The first-order valence-corrected chi connectivity index (χ1v) is 4.49. The van der Waals surface area contributed by atoms with Crippen molar-refractivity contribution in [2.45, 2.75) is 6.92 Å². The van der Waals surface area contributed by atoms with Crippen LogP contribution in [0.15, 0.2) is 24.3 Å². The molecule has 1 aromatic heterocycles. The molecule has 1 aromatic carbocycles. The first-order chi connectivity index (χ1) is 5.79. The molecule has 0 aliphatic heterocycles. The summed E-state index contributed by atoms with van der Waals surface area (Å²) in [4.78, 5) is 4.68. The zero-order chi connectivity index (χ0) is 8.55. The monoisotopic (exact) mass is 173 g/mol. The molecule has 0 fully saturated rings. The van der Waals surface area contributed by atoms with Crippen molar-refractivity contribution in [3.63, 3.8) is 0 Å². The molecule has 12 heavy (non-hydrogen) atoms. The lowest BCUT2D eigenvalue weighted by atomic mass is 10.2. The second kappa shape index (κ2) is 2.62. The van der Waals surface area contributed by atoms with Gasteiger partial charge in [0, 0.05) is 9.58 Å². The third-order valence-electron chi connectivity index (χ3n) is 1.75. The van der Waals surface area contributed by atoms with Crippen molar-refractivity contribution in [2.24, 2.45) is 0 Å². The van der Waals surface area contributed by atoms with E-state index in [0.29, 0.717) is 0 Å². The number of aryl methyl sites for hydroxylation is 1. The van der Waals surface area contributed by atoms with E-state index in [-0.39, 0.29) is 0 Å². The Bertz CT molecular complexity index is 462.